The van der Waals surface area contributed by atoms with Crippen LogP contribution in [0.5, 0.6) is 0 Å². The molecule has 0 saturated heterocycles. The monoisotopic (exact) mass is 329 g/mol. The van der Waals surface area contributed by atoms with Gasteiger partial charge in [-0.1, -0.05) is 24.3 Å². The van der Waals surface area contributed by atoms with Crippen LogP contribution in [-0.2, 0) is 16.0 Å². The fourth-order valence-electron chi connectivity index (χ4n) is 2.86. The van der Waals surface area contributed by atoms with Gasteiger partial charge in [0.15, 0.2) is 5.13 Å². The van der Waals surface area contributed by atoms with E-state index in [9.17, 15) is 9.59 Å². The molecule has 1 aliphatic rings. The Kier molecular flexibility index (Phi) is 5.02. The van der Waals surface area contributed by atoms with Crippen molar-refractivity contribution in [1.29, 1.82) is 0 Å². The van der Waals surface area contributed by atoms with E-state index in [1.807, 2.05) is 12.1 Å². The predicted octanol–water partition coefficient (Wildman–Crippen LogP) is 3.06. The van der Waals surface area contributed by atoms with Crippen LogP contribution in [0.3, 0.4) is 0 Å². The summed E-state index contributed by atoms with van der Waals surface area (Å²) in [5.74, 6) is -0.264. The SMILES string of the molecule is O=C(CCC(=O)NC1CCCc2ccccc21)Nc1nccs1. The summed E-state index contributed by atoms with van der Waals surface area (Å²) in [5, 5.41) is 8.10. The number of thiazole rings is 1. The van der Waals surface area contributed by atoms with Gasteiger partial charge < -0.3 is 10.6 Å². The smallest absolute Gasteiger partial charge is 0.226 e. The highest BCUT2D eigenvalue weighted by molar-refractivity contribution is 7.13. The molecule has 1 aliphatic carbocycles. The molecule has 2 amide bonds. The number of carbonyl (C=O) groups excluding carboxylic acids is 2. The van der Waals surface area contributed by atoms with Crippen molar-refractivity contribution in [2.75, 3.05) is 5.32 Å². The summed E-state index contributed by atoms with van der Waals surface area (Å²) in [6, 6.07) is 8.30. The van der Waals surface area contributed by atoms with Crippen molar-refractivity contribution in [2.24, 2.45) is 0 Å². The first-order valence-corrected chi connectivity index (χ1v) is 8.67. The lowest BCUT2D eigenvalue weighted by molar-refractivity contribution is -0.125. The van der Waals surface area contributed by atoms with Crippen molar-refractivity contribution >= 4 is 28.3 Å². The molecule has 3 rings (SSSR count). The zero-order valence-corrected chi connectivity index (χ0v) is 13.6. The van der Waals surface area contributed by atoms with Gasteiger partial charge in [-0.25, -0.2) is 4.98 Å². The summed E-state index contributed by atoms with van der Waals surface area (Å²) in [5.41, 5.74) is 2.52. The number of carbonyl (C=O) groups is 2. The third kappa shape index (κ3) is 4.16. The molecule has 2 aromatic rings. The molecule has 23 heavy (non-hydrogen) atoms. The lowest BCUT2D eigenvalue weighted by Crippen LogP contribution is -2.31. The number of hydrogen-bond donors (Lipinski definition) is 2. The molecule has 1 heterocycles. The van der Waals surface area contributed by atoms with Gasteiger partial charge in [0.1, 0.15) is 0 Å². The van der Waals surface area contributed by atoms with Crippen LogP contribution < -0.4 is 10.6 Å². The summed E-state index contributed by atoms with van der Waals surface area (Å²) < 4.78 is 0. The van der Waals surface area contributed by atoms with Crippen molar-refractivity contribution < 1.29 is 9.59 Å². The second kappa shape index (κ2) is 7.37. The Morgan fingerprint density at radius 2 is 2.04 bits per heavy atom. The van der Waals surface area contributed by atoms with Crippen LogP contribution >= 0.6 is 11.3 Å². The van der Waals surface area contributed by atoms with E-state index >= 15 is 0 Å². The fraction of sp³-hybridized carbons (Fsp3) is 0.353. The van der Waals surface area contributed by atoms with Gasteiger partial charge in [-0.2, -0.15) is 0 Å². The van der Waals surface area contributed by atoms with Gasteiger partial charge in [0.05, 0.1) is 6.04 Å². The largest absolute Gasteiger partial charge is 0.349 e. The summed E-state index contributed by atoms with van der Waals surface area (Å²) >= 11 is 1.36. The van der Waals surface area contributed by atoms with E-state index in [4.69, 9.17) is 0 Å². The molecule has 0 spiro atoms. The quantitative estimate of drug-likeness (QED) is 0.885. The van der Waals surface area contributed by atoms with E-state index in [2.05, 4.69) is 27.8 Å². The van der Waals surface area contributed by atoms with E-state index in [0.717, 1.165) is 19.3 Å². The maximum absolute atomic E-state index is 12.1. The van der Waals surface area contributed by atoms with Crippen LogP contribution in [0.15, 0.2) is 35.8 Å². The maximum atomic E-state index is 12.1. The Morgan fingerprint density at radius 3 is 2.87 bits per heavy atom. The third-order valence-electron chi connectivity index (χ3n) is 3.96. The number of rotatable bonds is 5. The van der Waals surface area contributed by atoms with Gasteiger partial charge in [0, 0.05) is 24.4 Å². The molecule has 1 unspecified atom stereocenters. The average Bonchev–Trinajstić information content (AvgIpc) is 3.06. The molecule has 1 atom stereocenters. The second-order valence-electron chi connectivity index (χ2n) is 5.60. The first kappa shape index (κ1) is 15.7. The zero-order chi connectivity index (χ0) is 16.1. The molecule has 0 aliphatic heterocycles. The van der Waals surface area contributed by atoms with Crippen molar-refractivity contribution in [2.45, 2.75) is 38.1 Å². The van der Waals surface area contributed by atoms with Crippen molar-refractivity contribution in [3.05, 3.63) is 47.0 Å². The fourth-order valence-corrected chi connectivity index (χ4v) is 3.41. The first-order chi connectivity index (χ1) is 11.2. The number of amides is 2. The van der Waals surface area contributed by atoms with Crippen LogP contribution in [0.25, 0.3) is 0 Å². The molecule has 1 aromatic heterocycles. The number of nitrogens with zero attached hydrogens (tertiary/aromatic N) is 1. The van der Waals surface area contributed by atoms with E-state index in [0.29, 0.717) is 5.13 Å². The van der Waals surface area contributed by atoms with Gasteiger partial charge in [-0.3, -0.25) is 9.59 Å². The first-order valence-electron chi connectivity index (χ1n) is 7.79. The zero-order valence-electron chi connectivity index (χ0n) is 12.7. The minimum absolute atomic E-state index is 0.0643. The molecular weight excluding hydrogens is 310 g/mol. The van der Waals surface area contributed by atoms with Crippen LogP contribution in [0.4, 0.5) is 5.13 Å². The second-order valence-corrected chi connectivity index (χ2v) is 6.49. The standard InChI is InChI=1S/C17H19N3O2S/c21-15(8-9-16(22)20-17-18-10-11-23-17)19-14-7-3-5-12-4-1-2-6-13(12)14/h1-2,4,6,10-11,14H,3,5,7-9H2,(H,19,21)(H,18,20,22). The number of hydrogen-bond acceptors (Lipinski definition) is 4. The normalized spacial score (nSPS) is 16.4. The highest BCUT2D eigenvalue weighted by Crippen LogP contribution is 2.29. The Labute approximate surface area is 139 Å². The van der Waals surface area contributed by atoms with Gasteiger partial charge in [0.25, 0.3) is 0 Å². The van der Waals surface area contributed by atoms with E-state index < -0.39 is 0 Å². The van der Waals surface area contributed by atoms with Crippen LogP contribution in [0.1, 0.15) is 42.9 Å². The van der Waals surface area contributed by atoms with Crippen molar-refractivity contribution in [3.8, 4) is 0 Å². The summed E-state index contributed by atoms with van der Waals surface area (Å²) in [7, 11) is 0. The summed E-state index contributed by atoms with van der Waals surface area (Å²) in [6.45, 7) is 0. The molecule has 5 nitrogen and oxygen atoms in total. The molecule has 0 fully saturated rings. The predicted molar refractivity (Wildman–Crippen MR) is 90.2 cm³/mol. The number of aromatic nitrogens is 1. The Balaban J connectivity index is 1.49. The average molecular weight is 329 g/mol. The maximum Gasteiger partial charge on any atom is 0.226 e. The number of benzene rings is 1. The Hall–Kier alpha value is -2.21. The lowest BCUT2D eigenvalue weighted by atomic mass is 9.87. The summed E-state index contributed by atoms with van der Waals surface area (Å²) in [4.78, 5) is 27.9. The summed E-state index contributed by atoms with van der Waals surface area (Å²) in [6.07, 6.45) is 5.09. The van der Waals surface area contributed by atoms with Gasteiger partial charge in [0.2, 0.25) is 11.8 Å². The number of anilines is 1. The Morgan fingerprint density at radius 1 is 1.22 bits per heavy atom. The molecule has 0 radical (unpaired) electrons. The van der Waals surface area contributed by atoms with Crippen LogP contribution in [0, 0.1) is 0 Å². The highest BCUT2D eigenvalue weighted by atomic mass is 32.1. The molecule has 1 aromatic carbocycles. The van der Waals surface area contributed by atoms with E-state index in [1.165, 1.54) is 22.5 Å². The van der Waals surface area contributed by atoms with Crippen molar-refractivity contribution in [3.63, 3.8) is 0 Å². The van der Waals surface area contributed by atoms with Gasteiger partial charge in [-0.15, -0.1) is 11.3 Å². The minimum Gasteiger partial charge on any atom is -0.349 e. The number of aryl methyl sites for hydroxylation is 1. The number of nitrogens with one attached hydrogen (secondary N) is 2. The Bertz CT molecular complexity index is 685. The van der Waals surface area contributed by atoms with Gasteiger partial charge >= 0.3 is 0 Å². The number of fused-ring (bicyclic) bond motifs is 1. The van der Waals surface area contributed by atoms with Crippen molar-refractivity contribution in [1.82, 2.24) is 10.3 Å². The molecular formula is C17H19N3O2S. The lowest BCUT2D eigenvalue weighted by Gasteiger charge is -2.26. The van der Waals surface area contributed by atoms with Gasteiger partial charge in [-0.05, 0) is 30.4 Å². The topological polar surface area (TPSA) is 71.1 Å². The minimum atomic E-state index is -0.181. The van der Waals surface area contributed by atoms with Crippen LogP contribution in [0.2, 0.25) is 0 Å². The molecule has 0 saturated carbocycles. The highest BCUT2D eigenvalue weighted by Gasteiger charge is 2.21. The molecule has 120 valence electrons. The van der Waals surface area contributed by atoms with E-state index in [-0.39, 0.29) is 30.7 Å². The van der Waals surface area contributed by atoms with E-state index in [1.54, 1.807) is 11.6 Å². The molecule has 0 bridgehead atoms. The molecule has 6 heteroatoms. The third-order valence-corrected chi connectivity index (χ3v) is 4.65. The molecule has 2 N–H and O–H groups in total. The van der Waals surface area contributed by atoms with Crippen LogP contribution in [-0.4, -0.2) is 16.8 Å².